The number of rotatable bonds is 8. The van der Waals surface area contributed by atoms with E-state index >= 15 is 0 Å². The van der Waals surface area contributed by atoms with Crippen LogP contribution in [0, 0.1) is 0 Å². The molecule has 0 radical (unpaired) electrons. The second kappa shape index (κ2) is 14.2. The second-order valence-electron chi connectivity index (χ2n) is 7.04. The van der Waals surface area contributed by atoms with Crippen molar-refractivity contribution in [3.63, 3.8) is 0 Å². The molecular formula is C25H24N4O7. The third-order valence-electron chi connectivity index (χ3n) is 4.32. The van der Waals surface area contributed by atoms with Crippen LogP contribution in [0.5, 0.6) is 0 Å². The second-order valence-corrected chi connectivity index (χ2v) is 7.04. The molecule has 2 aromatic carbocycles. The van der Waals surface area contributed by atoms with E-state index in [1.165, 1.54) is 0 Å². The summed E-state index contributed by atoms with van der Waals surface area (Å²) in [6.45, 7) is 0.445. The Morgan fingerprint density at radius 2 is 1.56 bits per heavy atom. The number of carboxylic acids is 2. The number of carbonyl (C=O) groups is 4. The van der Waals surface area contributed by atoms with Gasteiger partial charge in [0.1, 0.15) is 6.61 Å². The van der Waals surface area contributed by atoms with Gasteiger partial charge in [-0.2, -0.15) is 0 Å². The summed E-state index contributed by atoms with van der Waals surface area (Å²) >= 11 is 0. The number of hydrogen-bond donors (Lipinski definition) is 5. The van der Waals surface area contributed by atoms with Gasteiger partial charge in [0.25, 0.3) is 5.91 Å². The molecule has 6 N–H and O–H groups in total. The summed E-state index contributed by atoms with van der Waals surface area (Å²) in [4.78, 5) is 47.1. The van der Waals surface area contributed by atoms with Crippen molar-refractivity contribution in [2.75, 3.05) is 11.1 Å². The van der Waals surface area contributed by atoms with E-state index in [1.54, 1.807) is 67.0 Å². The number of alkyl carbamates (subject to hydrolysis) is 1. The Labute approximate surface area is 206 Å². The number of nitrogens with zero attached hydrogens (tertiary/aromatic N) is 1. The van der Waals surface area contributed by atoms with Gasteiger partial charge in [-0.1, -0.05) is 30.3 Å². The molecule has 1 aromatic heterocycles. The van der Waals surface area contributed by atoms with Gasteiger partial charge in [-0.15, -0.1) is 0 Å². The zero-order valence-corrected chi connectivity index (χ0v) is 19.0. The van der Waals surface area contributed by atoms with Crippen LogP contribution in [-0.4, -0.2) is 39.1 Å². The molecule has 0 aliphatic carbocycles. The summed E-state index contributed by atoms with van der Waals surface area (Å²) < 4.78 is 5.12. The molecule has 2 amide bonds. The molecule has 0 unspecified atom stereocenters. The molecule has 0 saturated heterocycles. The Bertz CT molecular complexity index is 1200. The Morgan fingerprint density at radius 1 is 0.889 bits per heavy atom. The summed E-state index contributed by atoms with van der Waals surface area (Å²) in [5, 5.41) is 21.1. The summed E-state index contributed by atoms with van der Waals surface area (Å²) in [7, 11) is 0. The Morgan fingerprint density at radius 3 is 2.14 bits per heavy atom. The van der Waals surface area contributed by atoms with Crippen LogP contribution in [0.4, 0.5) is 16.2 Å². The van der Waals surface area contributed by atoms with Gasteiger partial charge < -0.3 is 31.3 Å². The molecule has 0 spiro atoms. The number of nitrogen functional groups attached to an aromatic ring is 1. The van der Waals surface area contributed by atoms with E-state index < -0.39 is 18.0 Å². The van der Waals surface area contributed by atoms with Gasteiger partial charge >= 0.3 is 18.0 Å². The molecule has 11 heteroatoms. The van der Waals surface area contributed by atoms with Crippen LogP contribution < -0.4 is 16.4 Å². The van der Waals surface area contributed by atoms with Crippen molar-refractivity contribution in [3.8, 4) is 0 Å². The van der Waals surface area contributed by atoms with Gasteiger partial charge in [-0.3, -0.25) is 9.78 Å². The quantitative estimate of drug-likeness (QED) is 0.233. The molecule has 186 valence electrons. The van der Waals surface area contributed by atoms with Gasteiger partial charge in [0.05, 0.1) is 11.4 Å². The number of carbonyl (C=O) groups excluding carboxylic acids is 2. The number of aromatic nitrogens is 1. The zero-order chi connectivity index (χ0) is 26.3. The Hall–Kier alpha value is -5.19. The molecule has 1 heterocycles. The van der Waals surface area contributed by atoms with Gasteiger partial charge in [0, 0.05) is 42.2 Å². The van der Waals surface area contributed by atoms with Gasteiger partial charge in [0.2, 0.25) is 0 Å². The minimum atomic E-state index is -1.26. The lowest BCUT2D eigenvalue weighted by atomic mass is 10.1. The normalized spacial score (nSPS) is 10.0. The van der Waals surface area contributed by atoms with Gasteiger partial charge in [-0.05, 0) is 35.9 Å². The molecule has 0 atom stereocenters. The van der Waals surface area contributed by atoms with E-state index in [9.17, 15) is 19.2 Å². The highest BCUT2D eigenvalue weighted by Gasteiger charge is 2.08. The number of para-hydroxylation sites is 2. The molecule has 0 saturated carbocycles. The summed E-state index contributed by atoms with van der Waals surface area (Å²) in [5.74, 6) is -2.77. The zero-order valence-electron chi connectivity index (χ0n) is 19.0. The minimum Gasteiger partial charge on any atom is -0.478 e. The van der Waals surface area contributed by atoms with E-state index in [-0.39, 0.29) is 12.5 Å². The molecule has 3 rings (SSSR count). The highest BCUT2D eigenvalue weighted by atomic mass is 16.5. The topological polar surface area (TPSA) is 181 Å². The number of pyridine rings is 1. The van der Waals surface area contributed by atoms with Crippen molar-refractivity contribution in [2.45, 2.75) is 13.2 Å². The molecule has 0 aliphatic rings. The van der Waals surface area contributed by atoms with E-state index in [1.807, 2.05) is 6.07 Å². The number of hydrogen-bond acceptors (Lipinski definition) is 7. The lowest BCUT2D eigenvalue weighted by Gasteiger charge is -2.09. The molecule has 0 bridgehead atoms. The third kappa shape index (κ3) is 10.2. The molecule has 3 aromatic rings. The van der Waals surface area contributed by atoms with Gasteiger partial charge in [-0.25, -0.2) is 14.4 Å². The van der Waals surface area contributed by atoms with Crippen molar-refractivity contribution >= 4 is 35.3 Å². The highest BCUT2D eigenvalue weighted by Crippen LogP contribution is 2.18. The van der Waals surface area contributed by atoms with Crippen LogP contribution in [0.2, 0.25) is 0 Å². The largest absolute Gasteiger partial charge is 0.478 e. The van der Waals surface area contributed by atoms with E-state index in [2.05, 4.69) is 15.6 Å². The number of nitrogens with two attached hydrogens (primary N) is 1. The third-order valence-corrected chi connectivity index (χ3v) is 4.32. The first-order valence-electron chi connectivity index (χ1n) is 10.4. The van der Waals surface area contributed by atoms with E-state index in [4.69, 9.17) is 20.7 Å². The average Bonchev–Trinajstić information content (AvgIpc) is 2.87. The number of amides is 2. The maximum Gasteiger partial charge on any atom is 0.407 e. The fraction of sp³-hybridized carbons (Fsp3) is 0.0800. The highest BCUT2D eigenvalue weighted by molar-refractivity contribution is 6.05. The van der Waals surface area contributed by atoms with Crippen LogP contribution in [-0.2, 0) is 27.5 Å². The number of ether oxygens (including phenoxy) is 1. The number of aliphatic carboxylic acids is 2. The van der Waals surface area contributed by atoms with Crippen LogP contribution in [0.1, 0.15) is 21.5 Å². The lowest BCUT2D eigenvalue weighted by molar-refractivity contribution is -0.134. The van der Waals surface area contributed by atoms with E-state index in [0.29, 0.717) is 35.6 Å². The predicted octanol–water partition coefficient (Wildman–Crippen LogP) is 3.05. The Kier molecular flexibility index (Phi) is 10.6. The molecule has 36 heavy (non-hydrogen) atoms. The number of carboxylic acid groups (broad SMARTS) is 2. The van der Waals surface area contributed by atoms with Crippen molar-refractivity contribution < 1.29 is 34.1 Å². The molecule has 11 nitrogen and oxygen atoms in total. The van der Waals surface area contributed by atoms with Crippen molar-refractivity contribution in [3.05, 3.63) is 102 Å². The maximum atomic E-state index is 12.3. The summed E-state index contributed by atoms with van der Waals surface area (Å²) in [6.07, 6.45) is 3.89. The van der Waals surface area contributed by atoms with Crippen molar-refractivity contribution in [2.24, 2.45) is 0 Å². The average molecular weight is 492 g/mol. The molecule has 0 aliphatic heterocycles. The van der Waals surface area contributed by atoms with Crippen LogP contribution in [0.3, 0.4) is 0 Å². The van der Waals surface area contributed by atoms with Crippen LogP contribution >= 0.6 is 0 Å². The fourth-order valence-electron chi connectivity index (χ4n) is 2.58. The van der Waals surface area contributed by atoms with Crippen LogP contribution in [0.25, 0.3) is 0 Å². The maximum absolute atomic E-state index is 12.3. The standard InChI is InChI=1S/C21H20N4O3.C4H4O4/c22-18-5-1-2-6-19(18)25-20(26)17-9-7-15(8-10-17)13-24-21(27)28-14-16-4-3-11-23-12-16;5-3(6)1-2-4(7)8/h1-12H,13-14,22H2,(H,24,27)(H,25,26);1-2H,(H,5,6)(H,7,8). The lowest BCUT2D eigenvalue weighted by Crippen LogP contribution is -2.23. The summed E-state index contributed by atoms with van der Waals surface area (Å²) in [6, 6.07) is 17.6. The minimum absolute atomic E-state index is 0.154. The van der Waals surface area contributed by atoms with Crippen molar-refractivity contribution in [1.82, 2.24) is 10.3 Å². The summed E-state index contributed by atoms with van der Waals surface area (Å²) in [5.41, 5.74) is 9.04. The van der Waals surface area contributed by atoms with E-state index in [0.717, 1.165) is 11.1 Å². The smallest absolute Gasteiger partial charge is 0.407 e. The van der Waals surface area contributed by atoms with Crippen molar-refractivity contribution in [1.29, 1.82) is 0 Å². The SMILES string of the molecule is Nc1ccccc1NC(=O)c1ccc(CNC(=O)OCc2cccnc2)cc1.O=C(O)C=CC(=O)O. The number of benzene rings is 2. The van der Waals surface area contributed by atoms with Gasteiger partial charge in [0.15, 0.2) is 0 Å². The first-order valence-corrected chi connectivity index (χ1v) is 10.4. The van der Waals surface area contributed by atoms with Crippen LogP contribution in [0.15, 0.2) is 85.2 Å². The number of nitrogens with one attached hydrogen (secondary N) is 2. The predicted molar refractivity (Wildman–Crippen MR) is 131 cm³/mol. The molecular weight excluding hydrogens is 468 g/mol. The monoisotopic (exact) mass is 492 g/mol. The number of anilines is 2. The fourth-order valence-corrected chi connectivity index (χ4v) is 2.58. The Balaban J connectivity index is 0.000000493. The molecule has 0 fully saturated rings. The first kappa shape index (κ1) is 27.1. The first-order chi connectivity index (χ1) is 17.2.